The molecule has 0 aliphatic heterocycles. The molecule has 0 aliphatic rings. The van der Waals surface area contributed by atoms with Crippen LogP contribution in [0.15, 0.2) is 24.3 Å². The van der Waals surface area contributed by atoms with Crippen molar-refractivity contribution in [2.24, 2.45) is 0 Å². The molecule has 1 amide bonds. The maximum Gasteiger partial charge on any atom is 0.251 e. The van der Waals surface area contributed by atoms with Crippen molar-refractivity contribution in [3.63, 3.8) is 0 Å². The lowest BCUT2D eigenvalue weighted by atomic mass is 10.0. The zero-order valence-electron chi connectivity index (χ0n) is 18.1. The van der Waals surface area contributed by atoms with Crippen molar-refractivity contribution in [2.75, 3.05) is 6.54 Å². The molecule has 0 aliphatic carbocycles. The lowest BCUT2D eigenvalue weighted by molar-refractivity contribution is 0.0952. The van der Waals surface area contributed by atoms with E-state index >= 15 is 0 Å². The molecule has 1 aromatic carbocycles. The Bertz CT molecular complexity index is 503. The molecule has 1 rings (SSSR count). The molecule has 3 heteroatoms. The Balaban J connectivity index is 1.79. The van der Waals surface area contributed by atoms with Gasteiger partial charge in [-0.2, -0.15) is 0 Å². The summed E-state index contributed by atoms with van der Waals surface area (Å²) < 4.78 is 13.1. The number of carbonyl (C=O) groups excluding carboxylic acids is 1. The first-order chi connectivity index (χ1) is 13.7. The van der Waals surface area contributed by atoms with Crippen molar-refractivity contribution in [3.05, 3.63) is 35.6 Å². The van der Waals surface area contributed by atoms with Crippen molar-refractivity contribution in [1.29, 1.82) is 0 Å². The summed E-state index contributed by atoms with van der Waals surface area (Å²) in [5.74, 6) is -0.546. The fourth-order valence-corrected chi connectivity index (χ4v) is 3.61. The molecule has 0 aromatic heterocycles. The van der Waals surface area contributed by atoms with Gasteiger partial charge in [-0.25, -0.2) is 4.39 Å². The SMILES string of the molecule is CCCCCCCCCCCCCCCCCCNC(=O)c1cccc(F)c1. The second-order valence-corrected chi connectivity index (χ2v) is 8.07. The number of benzene rings is 1. The molecule has 0 radical (unpaired) electrons. The summed E-state index contributed by atoms with van der Waals surface area (Å²) in [7, 11) is 0. The van der Waals surface area contributed by atoms with Gasteiger partial charge in [0.05, 0.1) is 0 Å². The summed E-state index contributed by atoms with van der Waals surface area (Å²) >= 11 is 0. The minimum Gasteiger partial charge on any atom is -0.352 e. The highest BCUT2D eigenvalue weighted by atomic mass is 19.1. The van der Waals surface area contributed by atoms with E-state index in [4.69, 9.17) is 0 Å². The third-order valence-electron chi connectivity index (χ3n) is 5.40. The van der Waals surface area contributed by atoms with Gasteiger partial charge in [-0.1, -0.05) is 109 Å². The molecule has 0 bridgehead atoms. The molecule has 28 heavy (non-hydrogen) atoms. The van der Waals surface area contributed by atoms with Crippen molar-refractivity contribution < 1.29 is 9.18 Å². The number of hydrogen-bond acceptors (Lipinski definition) is 1. The van der Waals surface area contributed by atoms with Gasteiger partial charge in [0, 0.05) is 12.1 Å². The summed E-state index contributed by atoms with van der Waals surface area (Å²) in [5, 5.41) is 2.87. The van der Waals surface area contributed by atoms with Gasteiger partial charge >= 0.3 is 0 Å². The van der Waals surface area contributed by atoms with Gasteiger partial charge in [-0.15, -0.1) is 0 Å². The van der Waals surface area contributed by atoms with Gasteiger partial charge in [0.25, 0.3) is 5.91 Å². The fourth-order valence-electron chi connectivity index (χ4n) is 3.61. The van der Waals surface area contributed by atoms with E-state index in [1.807, 2.05) is 0 Å². The summed E-state index contributed by atoms with van der Waals surface area (Å²) in [4.78, 5) is 11.9. The predicted octanol–water partition coefficient (Wildman–Crippen LogP) is 7.82. The third kappa shape index (κ3) is 13.7. The highest BCUT2D eigenvalue weighted by Gasteiger charge is 2.05. The number of amides is 1. The van der Waals surface area contributed by atoms with Crippen LogP contribution in [0.5, 0.6) is 0 Å². The molecular formula is C25H42FNO. The first-order valence-corrected chi connectivity index (χ1v) is 11.8. The minimum absolute atomic E-state index is 0.180. The minimum atomic E-state index is -0.366. The Hall–Kier alpha value is -1.38. The van der Waals surface area contributed by atoms with Crippen molar-refractivity contribution in [3.8, 4) is 0 Å². The average Bonchev–Trinajstić information content (AvgIpc) is 2.70. The van der Waals surface area contributed by atoms with Crippen molar-refractivity contribution in [2.45, 2.75) is 110 Å². The Morgan fingerprint density at radius 1 is 0.750 bits per heavy atom. The molecule has 0 heterocycles. The molecular weight excluding hydrogens is 349 g/mol. The van der Waals surface area contributed by atoms with Crippen LogP contribution in [-0.4, -0.2) is 12.5 Å². The van der Waals surface area contributed by atoms with Crippen LogP contribution in [-0.2, 0) is 0 Å². The Kier molecular flexibility index (Phi) is 15.6. The van der Waals surface area contributed by atoms with Gasteiger partial charge < -0.3 is 5.32 Å². The molecule has 160 valence electrons. The van der Waals surface area contributed by atoms with E-state index in [2.05, 4.69) is 12.2 Å². The van der Waals surface area contributed by atoms with E-state index in [-0.39, 0.29) is 11.7 Å². The standard InChI is InChI=1S/C25H42FNO/c1-2-3-4-5-6-7-8-9-10-11-12-13-14-15-16-17-21-27-25(28)23-19-18-20-24(26)22-23/h18-20,22H,2-17,21H2,1H3,(H,27,28). The molecule has 0 fully saturated rings. The number of halogens is 1. The second kappa shape index (κ2) is 17.7. The number of nitrogens with one attached hydrogen (secondary N) is 1. The normalized spacial score (nSPS) is 10.9. The number of hydrogen-bond donors (Lipinski definition) is 1. The van der Waals surface area contributed by atoms with Crippen LogP contribution in [0.2, 0.25) is 0 Å². The van der Waals surface area contributed by atoms with E-state index in [1.165, 1.54) is 102 Å². The predicted molar refractivity (Wildman–Crippen MR) is 118 cm³/mol. The van der Waals surface area contributed by atoms with Crippen LogP contribution >= 0.6 is 0 Å². The summed E-state index contributed by atoms with van der Waals surface area (Å²) in [6, 6.07) is 5.85. The number of carbonyl (C=O) groups is 1. The molecule has 0 spiro atoms. The van der Waals surface area contributed by atoms with Crippen LogP contribution < -0.4 is 5.32 Å². The quantitative estimate of drug-likeness (QED) is 0.254. The molecule has 0 atom stereocenters. The first-order valence-electron chi connectivity index (χ1n) is 11.8. The molecule has 0 saturated heterocycles. The van der Waals surface area contributed by atoms with Gasteiger partial charge in [0.15, 0.2) is 0 Å². The molecule has 1 aromatic rings. The Morgan fingerprint density at radius 2 is 1.21 bits per heavy atom. The van der Waals surface area contributed by atoms with Crippen molar-refractivity contribution in [1.82, 2.24) is 5.32 Å². The van der Waals surface area contributed by atoms with E-state index in [1.54, 1.807) is 12.1 Å². The van der Waals surface area contributed by atoms with Crippen LogP contribution in [0.3, 0.4) is 0 Å². The maximum atomic E-state index is 13.1. The molecule has 2 nitrogen and oxygen atoms in total. The first kappa shape index (κ1) is 24.7. The van der Waals surface area contributed by atoms with E-state index in [9.17, 15) is 9.18 Å². The van der Waals surface area contributed by atoms with Crippen LogP contribution in [0.1, 0.15) is 120 Å². The zero-order valence-corrected chi connectivity index (χ0v) is 18.1. The highest BCUT2D eigenvalue weighted by molar-refractivity contribution is 5.94. The van der Waals surface area contributed by atoms with Gasteiger partial charge in [-0.3, -0.25) is 4.79 Å². The topological polar surface area (TPSA) is 29.1 Å². The summed E-state index contributed by atoms with van der Waals surface area (Å²) in [6.45, 7) is 2.95. The Labute approximate surface area is 172 Å². The highest BCUT2D eigenvalue weighted by Crippen LogP contribution is 2.13. The van der Waals surface area contributed by atoms with Crippen LogP contribution in [0.4, 0.5) is 4.39 Å². The molecule has 0 saturated carbocycles. The van der Waals surface area contributed by atoms with Gasteiger partial charge in [-0.05, 0) is 24.6 Å². The van der Waals surface area contributed by atoms with Gasteiger partial charge in [0.2, 0.25) is 0 Å². The molecule has 0 unspecified atom stereocenters. The van der Waals surface area contributed by atoms with Crippen molar-refractivity contribution >= 4 is 5.91 Å². The maximum absolute atomic E-state index is 13.1. The number of unbranched alkanes of at least 4 members (excludes halogenated alkanes) is 15. The summed E-state index contributed by atoms with van der Waals surface area (Å²) in [6.07, 6.45) is 21.5. The smallest absolute Gasteiger partial charge is 0.251 e. The van der Waals surface area contributed by atoms with E-state index in [0.717, 1.165) is 12.8 Å². The Morgan fingerprint density at radius 3 is 1.68 bits per heavy atom. The van der Waals surface area contributed by atoms with Crippen LogP contribution in [0, 0.1) is 5.82 Å². The lowest BCUT2D eigenvalue weighted by Gasteiger charge is -2.06. The third-order valence-corrected chi connectivity index (χ3v) is 5.40. The second-order valence-electron chi connectivity index (χ2n) is 8.07. The fraction of sp³-hybridized carbons (Fsp3) is 0.720. The van der Waals surface area contributed by atoms with E-state index in [0.29, 0.717) is 12.1 Å². The molecule has 1 N–H and O–H groups in total. The van der Waals surface area contributed by atoms with Crippen LogP contribution in [0.25, 0.3) is 0 Å². The summed E-state index contributed by atoms with van der Waals surface area (Å²) in [5.41, 5.74) is 0.400. The largest absolute Gasteiger partial charge is 0.352 e. The van der Waals surface area contributed by atoms with E-state index < -0.39 is 0 Å². The zero-order chi connectivity index (χ0) is 20.3. The number of rotatable bonds is 18. The average molecular weight is 392 g/mol. The van der Waals surface area contributed by atoms with Gasteiger partial charge in [0.1, 0.15) is 5.82 Å². The monoisotopic (exact) mass is 391 g/mol. The lowest BCUT2D eigenvalue weighted by Crippen LogP contribution is -2.24.